The largest absolute Gasteiger partial charge is 0.465 e. The standard InChI is InChI=1S/C14H17N3O2/c1-2-19-14(18)13(15)10-11-4-6-12(7-5-11)17-9-3-8-16-17/h3-9,13H,2,10,15H2,1H3. The summed E-state index contributed by atoms with van der Waals surface area (Å²) < 4.78 is 6.65. The summed E-state index contributed by atoms with van der Waals surface area (Å²) in [5, 5.41) is 4.15. The van der Waals surface area contributed by atoms with Crippen LogP contribution in [-0.4, -0.2) is 28.4 Å². The number of hydrogen-bond acceptors (Lipinski definition) is 4. The lowest BCUT2D eigenvalue weighted by atomic mass is 10.1. The van der Waals surface area contributed by atoms with Gasteiger partial charge in [-0.1, -0.05) is 12.1 Å². The Morgan fingerprint density at radius 2 is 2.16 bits per heavy atom. The van der Waals surface area contributed by atoms with Gasteiger partial charge < -0.3 is 10.5 Å². The quantitative estimate of drug-likeness (QED) is 0.822. The first-order chi connectivity index (χ1) is 9.20. The van der Waals surface area contributed by atoms with Gasteiger partial charge in [-0.2, -0.15) is 5.10 Å². The molecule has 1 aromatic heterocycles. The SMILES string of the molecule is CCOC(=O)C(N)Cc1ccc(-n2cccn2)cc1. The van der Waals surface area contributed by atoms with Crippen molar-refractivity contribution in [3.8, 4) is 5.69 Å². The molecule has 1 aromatic carbocycles. The summed E-state index contributed by atoms with van der Waals surface area (Å²) in [4.78, 5) is 11.4. The summed E-state index contributed by atoms with van der Waals surface area (Å²) in [6.45, 7) is 2.12. The zero-order chi connectivity index (χ0) is 13.7. The summed E-state index contributed by atoms with van der Waals surface area (Å²) in [7, 11) is 0. The summed E-state index contributed by atoms with van der Waals surface area (Å²) in [5.41, 5.74) is 7.74. The zero-order valence-corrected chi connectivity index (χ0v) is 10.8. The minimum atomic E-state index is -0.615. The van der Waals surface area contributed by atoms with Crippen LogP contribution in [0.2, 0.25) is 0 Å². The number of carbonyl (C=O) groups is 1. The van der Waals surface area contributed by atoms with Gasteiger partial charge in [-0.25, -0.2) is 4.68 Å². The molecule has 1 unspecified atom stereocenters. The van der Waals surface area contributed by atoms with Crippen LogP contribution >= 0.6 is 0 Å². The third-order valence-electron chi connectivity index (χ3n) is 2.75. The van der Waals surface area contributed by atoms with Gasteiger partial charge in [0.05, 0.1) is 12.3 Å². The van der Waals surface area contributed by atoms with E-state index in [9.17, 15) is 4.79 Å². The van der Waals surface area contributed by atoms with E-state index < -0.39 is 6.04 Å². The second-order valence-electron chi connectivity index (χ2n) is 4.18. The van der Waals surface area contributed by atoms with Crippen molar-refractivity contribution in [2.24, 2.45) is 5.73 Å². The van der Waals surface area contributed by atoms with Gasteiger partial charge in [0.1, 0.15) is 6.04 Å². The number of nitrogens with two attached hydrogens (primary N) is 1. The van der Waals surface area contributed by atoms with Crippen LogP contribution in [-0.2, 0) is 16.0 Å². The van der Waals surface area contributed by atoms with Crippen LogP contribution in [0.25, 0.3) is 5.69 Å². The van der Waals surface area contributed by atoms with Crippen LogP contribution in [0.4, 0.5) is 0 Å². The van der Waals surface area contributed by atoms with Crippen molar-refractivity contribution in [2.75, 3.05) is 6.61 Å². The van der Waals surface area contributed by atoms with Crippen LogP contribution in [0.5, 0.6) is 0 Å². The topological polar surface area (TPSA) is 70.1 Å². The molecule has 0 aliphatic carbocycles. The van der Waals surface area contributed by atoms with Crippen molar-refractivity contribution < 1.29 is 9.53 Å². The fourth-order valence-electron chi connectivity index (χ4n) is 1.79. The number of benzene rings is 1. The molecule has 0 saturated carbocycles. The van der Waals surface area contributed by atoms with Crippen molar-refractivity contribution >= 4 is 5.97 Å². The van der Waals surface area contributed by atoms with E-state index in [4.69, 9.17) is 10.5 Å². The average Bonchev–Trinajstić information content (AvgIpc) is 2.94. The number of rotatable bonds is 5. The second-order valence-corrected chi connectivity index (χ2v) is 4.18. The van der Waals surface area contributed by atoms with Gasteiger partial charge in [-0.15, -0.1) is 0 Å². The maximum absolute atomic E-state index is 11.4. The van der Waals surface area contributed by atoms with Gasteiger partial charge in [0, 0.05) is 12.4 Å². The van der Waals surface area contributed by atoms with Crippen LogP contribution in [0.3, 0.4) is 0 Å². The molecular formula is C14H17N3O2. The van der Waals surface area contributed by atoms with E-state index in [1.807, 2.05) is 36.5 Å². The third kappa shape index (κ3) is 3.42. The Kier molecular flexibility index (Phi) is 4.30. The molecule has 5 heteroatoms. The number of hydrogen-bond donors (Lipinski definition) is 1. The molecule has 1 heterocycles. The normalized spacial score (nSPS) is 12.1. The highest BCUT2D eigenvalue weighted by Crippen LogP contribution is 2.10. The van der Waals surface area contributed by atoms with E-state index in [0.29, 0.717) is 13.0 Å². The number of aromatic nitrogens is 2. The minimum absolute atomic E-state index is 0.352. The summed E-state index contributed by atoms with van der Waals surface area (Å²) in [6, 6.07) is 9.02. The predicted molar refractivity (Wildman–Crippen MR) is 71.9 cm³/mol. The van der Waals surface area contributed by atoms with E-state index in [-0.39, 0.29) is 5.97 Å². The summed E-state index contributed by atoms with van der Waals surface area (Å²) in [5.74, 6) is -0.362. The molecule has 100 valence electrons. The Bertz CT molecular complexity index is 520. The smallest absolute Gasteiger partial charge is 0.323 e. The molecule has 2 N–H and O–H groups in total. The van der Waals surface area contributed by atoms with Gasteiger partial charge in [0.25, 0.3) is 0 Å². The molecule has 0 fully saturated rings. The first-order valence-electron chi connectivity index (χ1n) is 6.22. The highest BCUT2D eigenvalue weighted by molar-refractivity contribution is 5.75. The van der Waals surface area contributed by atoms with Gasteiger partial charge >= 0.3 is 5.97 Å². The Morgan fingerprint density at radius 1 is 1.42 bits per heavy atom. The highest BCUT2D eigenvalue weighted by atomic mass is 16.5. The van der Waals surface area contributed by atoms with Crippen LogP contribution < -0.4 is 5.73 Å². The number of nitrogens with zero attached hydrogens (tertiary/aromatic N) is 2. The van der Waals surface area contributed by atoms with Gasteiger partial charge in [-0.05, 0) is 37.1 Å². The average molecular weight is 259 g/mol. The Labute approximate surface area is 112 Å². The molecule has 0 aliphatic rings. The van der Waals surface area contributed by atoms with E-state index in [2.05, 4.69) is 5.10 Å². The van der Waals surface area contributed by atoms with Crippen LogP contribution in [0.15, 0.2) is 42.7 Å². The molecule has 5 nitrogen and oxygen atoms in total. The maximum Gasteiger partial charge on any atom is 0.323 e. The highest BCUT2D eigenvalue weighted by Gasteiger charge is 2.14. The van der Waals surface area contributed by atoms with Crippen LogP contribution in [0, 0.1) is 0 Å². The van der Waals surface area contributed by atoms with E-state index >= 15 is 0 Å². The van der Waals surface area contributed by atoms with Crippen molar-refractivity contribution in [2.45, 2.75) is 19.4 Å². The molecule has 1 atom stereocenters. The van der Waals surface area contributed by atoms with E-state index in [1.54, 1.807) is 17.8 Å². The molecule has 0 bridgehead atoms. The molecule has 2 aromatic rings. The zero-order valence-electron chi connectivity index (χ0n) is 10.8. The van der Waals surface area contributed by atoms with Crippen molar-refractivity contribution in [1.82, 2.24) is 9.78 Å². The van der Waals surface area contributed by atoms with Gasteiger partial charge in [0.15, 0.2) is 0 Å². The van der Waals surface area contributed by atoms with E-state index in [0.717, 1.165) is 11.3 Å². The Balaban J connectivity index is 2.01. The van der Waals surface area contributed by atoms with Crippen molar-refractivity contribution in [1.29, 1.82) is 0 Å². The number of esters is 1. The fourth-order valence-corrected chi connectivity index (χ4v) is 1.79. The molecule has 19 heavy (non-hydrogen) atoms. The summed E-state index contributed by atoms with van der Waals surface area (Å²) >= 11 is 0. The molecule has 0 aliphatic heterocycles. The molecule has 0 radical (unpaired) electrons. The number of ether oxygens (including phenoxy) is 1. The van der Waals surface area contributed by atoms with Gasteiger partial charge in [-0.3, -0.25) is 4.79 Å². The molecule has 0 saturated heterocycles. The first kappa shape index (κ1) is 13.3. The fraction of sp³-hybridized carbons (Fsp3) is 0.286. The monoisotopic (exact) mass is 259 g/mol. The van der Waals surface area contributed by atoms with Crippen molar-refractivity contribution in [3.05, 3.63) is 48.3 Å². The lowest BCUT2D eigenvalue weighted by Gasteiger charge is -2.11. The maximum atomic E-state index is 11.4. The molecule has 0 spiro atoms. The van der Waals surface area contributed by atoms with E-state index in [1.165, 1.54) is 0 Å². The molecular weight excluding hydrogens is 242 g/mol. The Morgan fingerprint density at radius 3 is 2.74 bits per heavy atom. The third-order valence-corrected chi connectivity index (χ3v) is 2.75. The second kappa shape index (κ2) is 6.15. The number of carbonyl (C=O) groups excluding carboxylic acids is 1. The molecule has 2 rings (SSSR count). The van der Waals surface area contributed by atoms with Crippen LogP contribution in [0.1, 0.15) is 12.5 Å². The lowest BCUT2D eigenvalue weighted by molar-refractivity contribution is -0.144. The van der Waals surface area contributed by atoms with Crippen molar-refractivity contribution in [3.63, 3.8) is 0 Å². The predicted octanol–water partition coefficient (Wildman–Crippen LogP) is 1.31. The molecule has 0 amide bonds. The summed E-state index contributed by atoms with van der Waals surface area (Å²) in [6.07, 6.45) is 4.07. The van der Waals surface area contributed by atoms with Gasteiger partial charge in [0.2, 0.25) is 0 Å². The minimum Gasteiger partial charge on any atom is -0.465 e. The lowest BCUT2D eigenvalue weighted by Crippen LogP contribution is -2.34. The Hall–Kier alpha value is -2.14. The first-order valence-corrected chi connectivity index (χ1v) is 6.22.